The summed E-state index contributed by atoms with van der Waals surface area (Å²) in [6.07, 6.45) is 0.457. The van der Waals surface area contributed by atoms with Crippen LogP contribution in [0.1, 0.15) is 30.8 Å². The summed E-state index contributed by atoms with van der Waals surface area (Å²) in [5, 5.41) is 4.47. The Kier molecular flexibility index (Phi) is 5.06. The molecule has 1 aliphatic rings. The number of anilines is 1. The van der Waals surface area contributed by atoms with Gasteiger partial charge in [-0.15, -0.1) is 0 Å². The van der Waals surface area contributed by atoms with Crippen molar-refractivity contribution in [2.75, 3.05) is 31.1 Å². The minimum Gasteiger partial charge on any atom is -0.368 e. The maximum Gasteiger partial charge on any atom is 0.224 e. The first-order valence-electron chi connectivity index (χ1n) is 8.75. The molecule has 0 radical (unpaired) electrons. The largest absolute Gasteiger partial charge is 0.368 e. The van der Waals surface area contributed by atoms with Crippen LogP contribution in [0.2, 0.25) is 0 Å². The van der Waals surface area contributed by atoms with E-state index in [0.29, 0.717) is 19.5 Å². The Morgan fingerprint density at radius 2 is 1.80 bits per heavy atom. The first-order valence-corrected chi connectivity index (χ1v) is 8.75. The number of piperazine rings is 1. The third-order valence-electron chi connectivity index (χ3n) is 4.76. The van der Waals surface area contributed by atoms with Crippen molar-refractivity contribution < 1.29 is 9.18 Å². The Bertz CT molecular complexity index is 732. The van der Waals surface area contributed by atoms with Gasteiger partial charge in [-0.3, -0.25) is 9.48 Å². The summed E-state index contributed by atoms with van der Waals surface area (Å²) in [5.41, 5.74) is 3.06. The highest BCUT2D eigenvalue weighted by Gasteiger charge is 2.23. The molecule has 0 aliphatic carbocycles. The molecule has 1 amide bonds. The number of carbonyl (C=O) groups is 1. The van der Waals surface area contributed by atoms with Crippen molar-refractivity contribution >= 4 is 11.6 Å². The van der Waals surface area contributed by atoms with E-state index in [1.54, 1.807) is 12.1 Å². The zero-order chi connectivity index (χ0) is 18.0. The van der Waals surface area contributed by atoms with Gasteiger partial charge in [0.1, 0.15) is 5.82 Å². The number of hydrogen-bond acceptors (Lipinski definition) is 3. The lowest BCUT2D eigenvalue weighted by Gasteiger charge is -2.36. The normalized spacial score (nSPS) is 16.2. The minimum atomic E-state index is -0.226. The van der Waals surface area contributed by atoms with Crippen LogP contribution in [0.4, 0.5) is 10.1 Å². The number of nitrogens with zero attached hydrogens (tertiary/aromatic N) is 4. The van der Waals surface area contributed by atoms with Crippen molar-refractivity contribution in [3.8, 4) is 0 Å². The van der Waals surface area contributed by atoms with Gasteiger partial charge < -0.3 is 9.80 Å². The highest BCUT2D eigenvalue weighted by atomic mass is 19.1. The predicted octanol–water partition coefficient (Wildman–Crippen LogP) is 2.94. The van der Waals surface area contributed by atoms with Crippen molar-refractivity contribution in [2.45, 2.75) is 33.2 Å². The molecule has 1 saturated heterocycles. The lowest BCUT2D eigenvalue weighted by atomic mass is 10.2. The molecule has 1 aromatic carbocycles. The lowest BCUT2D eigenvalue weighted by Crippen LogP contribution is -2.49. The summed E-state index contributed by atoms with van der Waals surface area (Å²) in [4.78, 5) is 16.7. The molecule has 3 rings (SSSR count). The molecule has 0 bridgehead atoms. The number of benzene rings is 1. The first kappa shape index (κ1) is 17.5. The van der Waals surface area contributed by atoms with Crippen LogP contribution in [0.15, 0.2) is 30.3 Å². The molecule has 0 unspecified atom stereocenters. The summed E-state index contributed by atoms with van der Waals surface area (Å²) in [6.45, 7) is 8.94. The molecule has 0 N–H and O–H groups in total. The number of halogens is 1. The number of rotatable bonds is 4. The molecule has 1 aliphatic heterocycles. The quantitative estimate of drug-likeness (QED) is 0.856. The zero-order valence-electron chi connectivity index (χ0n) is 15.1. The fraction of sp³-hybridized carbons (Fsp3) is 0.474. The topological polar surface area (TPSA) is 41.4 Å². The fourth-order valence-corrected chi connectivity index (χ4v) is 3.43. The van der Waals surface area contributed by atoms with Crippen LogP contribution in [-0.4, -0.2) is 46.8 Å². The van der Waals surface area contributed by atoms with Crippen LogP contribution in [0.25, 0.3) is 0 Å². The number of hydrogen-bond donors (Lipinski definition) is 0. The van der Waals surface area contributed by atoms with Gasteiger partial charge in [-0.2, -0.15) is 5.10 Å². The SMILES string of the molecule is Cc1cc(C)n([C@@H](C)CC(=O)N2CCN(c3ccc(F)cc3)CC2)n1. The summed E-state index contributed by atoms with van der Waals surface area (Å²) >= 11 is 0. The lowest BCUT2D eigenvalue weighted by molar-refractivity contribution is -0.132. The number of aryl methyl sites for hydroxylation is 2. The second-order valence-electron chi connectivity index (χ2n) is 6.77. The second kappa shape index (κ2) is 7.25. The number of aromatic nitrogens is 2. The number of amides is 1. The van der Waals surface area contributed by atoms with Crippen LogP contribution >= 0.6 is 0 Å². The average molecular weight is 344 g/mol. The standard InChI is InChI=1S/C19H25FN4O/c1-14-12-15(2)24(21-14)16(3)13-19(25)23-10-8-22(9-11-23)18-6-4-17(20)5-7-18/h4-7,12,16H,8-11,13H2,1-3H3/t16-/m0/s1. The van der Waals surface area contributed by atoms with E-state index in [4.69, 9.17) is 0 Å². The summed E-state index contributed by atoms with van der Waals surface area (Å²) in [6, 6.07) is 8.61. The van der Waals surface area contributed by atoms with Gasteiger partial charge in [0.05, 0.1) is 11.7 Å². The molecule has 134 valence electrons. The van der Waals surface area contributed by atoms with Crippen LogP contribution < -0.4 is 4.90 Å². The van der Waals surface area contributed by atoms with E-state index in [0.717, 1.165) is 30.2 Å². The van der Waals surface area contributed by atoms with Crippen molar-refractivity contribution in [1.82, 2.24) is 14.7 Å². The van der Waals surface area contributed by atoms with Crippen LogP contribution in [0.3, 0.4) is 0 Å². The van der Waals surface area contributed by atoms with Gasteiger partial charge in [0.15, 0.2) is 0 Å². The Balaban J connectivity index is 1.54. The van der Waals surface area contributed by atoms with E-state index < -0.39 is 0 Å². The van der Waals surface area contributed by atoms with E-state index in [1.165, 1.54) is 12.1 Å². The Morgan fingerprint density at radius 3 is 2.36 bits per heavy atom. The molecule has 0 spiro atoms. The third-order valence-corrected chi connectivity index (χ3v) is 4.76. The smallest absolute Gasteiger partial charge is 0.224 e. The van der Waals surface area contributed by atoms with Crippen molar-refractivity contribution in [3.05, 3.63) is 47.5 Å². The van der Waals surface area contributed by atoms with E-state index in [-0.39, 0.29) is 17.8 Å². The zero-order valence-corrected chi connectivity index (χ0v) is 15.1. The van der Waals surface area contributed by atoms with E-state index in [1.807, 2.05) is 36.4 Å². The average Bonchev–Trinajstić information content (AvgIpc) is 2.94. The van der Waals surface area contributed by atoms with Gasteiger partial charge in [0.2, 0.25) is 5.91 Å². The molecule has 6 heteroatoms. The van der Waals surface area contributed by atoms with Gasteiger partial charge in [0, 0.05) is 44.0 Å². The van der Waals surface area contributed by atoms with Gasteiger partial charge in [-0.25, -0.2) is 4.39 Å². The van der Waals surface area contributed by atoms with Crippen LogP contribution in [-0.2, 0) is 4.79 Å². The van der Waals surface area contributed by atoms with Crippen molar-refractivity contribution in [1.29, 1.82) is 0 Å². The number of carbonyl (C=O) groups excluding carboxylic acids is 1. The molecular weight excluding hydrogens is 319 g/mol. The molecule has 0 saturated carbocycles. The van der Waals surface area contributed by atoms with Gasteiger partial charge in [0.25, 0.3) is 0 Å². The summed E-state index contributed by atoms with van der Waals surface area (Å²) in [7, 11) is 0. The Morgan fingerprint density at radius 1 is 1.16 bits per heavy atom. The third kappa shape index (κ3) is 4.00. The van der Waals surface area contributed by atoms with E-state index in [9.17, 15) is 9.18 Å². The monoisotopic (exact) mass is 344 g/mol. The minimum absolute atomic E-state index is 0.0522. The van der Waals surface area contributed by atoms with E-state index >= 15 is 0 Å². The molecule has 5 nitrogen and oxygen atoms in total. The van der Waals surface area contributed by atoms with Gasteiger partial charge >= 0.3 is 0 Å². The molecular formula is C19H25FN4O. The summed E-state index contributed by atoms with van der Waals surface area (Å²) in [5.74, 6) is -0.0606. The Hall–Kier alpha value is -2.37. The van der Waals surface area contributed by atoms with Crippen molar-refractivity contribution in [3.63, 3.8) is 0 Å². The Labute approximate surface area is 148 Å². The predicted molar refractivity (Wildman–Crippen MR) is 96.2 cm³/mol. The fourth-order valence-electron chi connectivity index (χ4n) is 3.43. The van der Waals surface area contributed by atoms with Crippen LogP contribution in [0.5, 0.6) is 0 Å². The second-order valence-corrected chi connectivity index (χ2v) is 6.77. The van der Waals surface area contributed by atoms with Crippen LogP contribution in [0, 0.1) is 19.7 Å². The molecule has 1 aromatic heterocycles. The maximum absolute atomic E-state index is 13.0. The van der Waals surface area contributed by atoms with Gasteiger partial charge in [-0.05, 0) is 51.1 Å². The molecule has 1 fully saturated rings. The molecule has 2 heterocycles. The molecule has 1 atom stereocenters. The van der Waals surface area contributed by atoms with Crippen molar-refractivity contribution in [2.24, 2.45) is 0 Å². The van der Waals surface area contributed by atoms with E-state index in [2.05, 4.69) is 10.00 Å². The highest BCUT2D eigenvalue weighted by molar-refractivity contribution is 5.77. The summed E-state index contributed by atoms with van der Waals surface area (Å²) < 4.78 is 15.0. The molecule has 25 heavy (non-hydrogen) atoms. The maximum atomic E-state index is 13.0. The highest BCUT2D eigenvalue weighted by Crippen LogP contribution is 2.19. The van der Waals surface area contributed by atoms with Gasteiger partial charge in [-0.1, -0.05) is 0 Å². The molecule has 2 aromatic rings. The first-order chi connectivity index (χ1) is 11.9.